The molecule has 0 bridgehead atoms. The number of aryl methyl sites for hydroxylation is 3. The summed E-state index contributed by atoms with van der Waals surface area (Å²) < 4.78 is 17.2. The van der Waals surface area contributed by atoms with E-state index < -0.39 is 11.2 Å². The van der Waals surface area contributed by atoms with E-state index in [0.29, 0.717) is 30.0 Å². The fraction of sp³-hybridized carbons (Fsp3) is 0.182. The van der Waals surface area contributed by atoms with Gasteiger partial charge in [0.1, 0.15) is 5.82 Å². The SMILES string of the molecule is Cn1c(=O)c2c(nc(NN=Cc3ccc(F)cc3)n2CCc2ccccc2)n(C)c1=O. The summed E-state index contributed by atoms with van der Waals surface area (Å²) in [4.78, 5) is 29.6. The Morgan fingerprint density at radius 3 is 2.45 bits per heavy atom. The van der Waals surface area contributed by atoms with Crippen molar-refractivity contribution in [1.29, 1.82) is 0 Å². The Bertz CT molecular complexity index is 1370. The van der Waals surface area contributed by atoms with Gasteiger partial charge >= 0.3 is 5.69 Å². The average molecular weight is 420 g/mol. The van der Waals surface area contributed by atoms with Gasteiger partial charge in [-0.2, -0.15) is 10.1 Å². The Morgan fingerprint density at radius 2 is 1.74 bits per heavy atom. The van der Waals surface area contributed by atoms with Crippen LogP contribution in [0.5, 0.6) is 0 Å². The van der Waals surface area contributed by atoms with Crippen LogP contribution >= 0.6 is 0 Å². The predicted octanol–water partition coefficient (Wildman–Crippen LogP) is 2.26. The van der Waals surface area contributed by atoms with Crippen molar-refractivity contribution in [3.8, 4) is 0 Å². The number of fused-ring (bicyclic) bond motifs is 1. The lowest BCUT2D eigenvalue weighted by Crippen LogP contribution is -2.37. The highest BCUT2D eigenvalue weighted by atomic mass is 19.1. The molecular formula is C22H21FN6O2. The van der Waals surface area contributed by atoms with Crippen molar-refractivity contribution in [2.24, 2.45) is 19.2 Å². The standard InChI is InChI=1S/C22H21FN6O2/c1-27-19-18(20(30)28(2)22(27)31)29(13-12-15-6-4-3-5-7-15)21(25-19)26-24-14-16-8-10-17(23)11-9-16/h3-11,14H,12-13H2,1-2H3,(H,25,26). The molecule has 2 aromatic heterocycles. The smallest absolute Gasteiger partial charge is 0.303 e. The molecule has 0 aliphatic carbocycles. The number of hydrogen-bond acceptors (Lipinski definition) is 5. The summed E-state index contributed by atoms with van der Waals surface area (Å²) in [5, 5.41) is 4.18. The van der Waals surface area contributed by atoms with E-state index in [9.17, 15) is 14.0 Å². The molecule has 8 nitrogen and oxygen atoms in total. The molecule has 31 heavy (non-hydrogen) atoms. The number of hydrogen-bond donors (Lipinski definition) is 1. The molecular weight excluding hydrogens is 399 g/mol. The second kappa shape index (κ2) is 8.39. The number of aromatic nitrogens is 4. The van der Waals surface area contributed by atoms with Crippen LogP contribution in [0, 0.1) is 5.82 Å². The first-order chi connectivity index (χ1) is 15.0. The van der Waals surface area contributed by atoms with Gasteiger partial charge in [0.05, 0.1) is 6.21 Å². The third-order valence-electron chi connectivity index (χ3n) is 5.06. The van der Waals surface area contributed by atoms with E-state index in [2.05, 4.69) is 15.5 Å². The zero-order valence-corrected chi connectivity index (χ0v) is 17.1. The molecule has 4 aromatic rings. The van der Waals surface area contributed by atoms with Crippen molar-refractivity contribution in [1.82, 2.24) is 18.7 Å². The highest BCUT2D eigenvalue weighted by Crippen LogP contribution is 2.17. The fourth-order valence-corrected chi connectivity index (χ4v) is 3.35. The summed E-state index contributed by atoms with van der Waals surface area (Å²) in [7, 11) is 3.02. The van der Waals surface area contributed by atoms with Crippen molar-refractivity contribution >= 4 is 23.3 Å². The summed E-state index contributed by atoms with van der Waals surface area (Å²) in [6.07, 6.45) is 2.19. The zero-order valence-electron chi connectivity index (χ0n) is 17.1. The molecule has 0 amide bonds. The minimum absolute atomic E-state index is 0.278. The van der Waals surface area contributed by atoms with Gasteiger partial charge in [-0.1, -0.05) is 42.5 Å². The molecule has 0 saturated heterocycles. The lowest BCUT2D eigenvalue weighted by Gasteiger charge is -2.09. The first kappa shape index (κ1) is 20.3. The molecule has 0 radical (unpaired) electrons. The Labute approximate surface area is 176 Å². The Hall–Kier alpha value is -4.01. The highest BCUT2D eigenvalue weighted by molar-refractivity contribution is 5.80. The second-order valence-electron chi connectivity index (χ2n) is 7.12. The van der Waals surface area contributed by atoms with Crippen molar-refractivity contribution < 1.29 is 4.39 Å². The predicted molar refractivity (Wildman–Crippen MR) is 118 cm³/mol. The van der Waals surface area contributed by atoms with Crippen LogP contribution in [0.25, 0.3) is 11.2 Å². The van der Waals surface area contributed by atoms with Gasteiger partial charge < -0.3 is 4.57 Å². The van der Waals surface area contributed by atoms with Gasteiger partial charge in [0, 0.05) is 20.6 Å². The second-order valence-corrected chi connectivity index (χ2v) is 7.12. The Balaban J connectivity index is 1.74. The Kier molecular flexibility index (Phi) is 5.48. The minimum Gasteiger partial charge on any atom is -0.303 e. The van der Waals surface area contributed by atoms with Crippen molar-refractivity contribution in [3.05, 3.63) is 92.4 Å². The summed E-state index contributed by atoms with van der Waals surface area (Å²) in [6, 6.07) is 15.7. The number of hydrazone groups is 1. The van der Waals surface area contributed by atoms with Crippen molar-refractivity contribution in [2.75, 3.05) is 5.43 Å². The maximum absolute atomic E-state index is 13.1. The van der Waals surface area contributed by atoms with Gasteiger partial charge in [-0.05, 0) is 29.7 Å². The topological polar surface area (TPSA) is 86.2 Å². The van der Waals surface area contributed by atoms with Crippen LogP contribution in [0.3, 0.4) is 0 Å². The van der Waals surface area contributed by atoms with E-state index >= 15 is 0 Å². The molecule has 9 heteroatoms. The number of nitrogens with one attached hydrogen (secondary N) is 1. The molecule has 0 aliphatic rings. The maximum Gasteiger partial charge on any atom is 0.332 e. The first-order valence-electron chi connectivity index (χ1n) is 9.70. The quantitative estimate of drug-likeness (QED) is 0.383. The number of rotatable bonds is 6. The van der Waals surface area contributed by atoms with Crippen LogP contribution in [-0.4, -0.2) is 24.9 Å². The van der Waals surface area contributed by atoms with E-state index in [-0.39, 0.29) is 11.5 Å². The van der Waals surface area contributed by atoms with E-state index in [1.165, 1.54) is 30.0 Å². The third-order valence-corrected chi connectivity index (χ3v) is 5.06. The van der Waals surface area contributed by atoms with E-state index in [1.807, 2.05) is 30.3 Å². The lowest BCUT2D eigenvalue weighted by atomic mass is 10.1. The van der Waals surface area contributed by atoms with Gasteiger partial charge in [-0.3, -0.25) is 13.9 Å². The van der Waals surface area contributed by atoms with Crippen LogP contribution in [-0.2, 0) is 27.1 Å². The van der Waals surface area contributed by atoms with E-state index in [0.717, 1.165) is 10.1 Å². The summed E-state index contributed by atoms with van der Waals surface area (Å²) in [5.41, 5.74) is 4.38. The van der Waals surface area contributed by atoms with Gasteiger partial charge in [0.25, 0.3) is 5.56 Å². The minimum atomic E-state index is -0.452. The van der Waals surface area contributed by atoms with Gasteiger partial charge in [0.15, 0.2) is 11.2 Å². The first-order valence-corrected chi connectivity index (χ1v) is 9.70. The zero-order chi connectivity index (χ0) is 22.0. The molecule has 0 fully saturated rings. The van der Waals surface area contributed by atoms with Crippen LogP contribution < -0.4 is 16.7 Å². The van der Waals surface area contributed by atoms with Gasteiger partial charge in [0.2, 0.25) is 5.95 Å². The molecule has 0 atom stereocenters. The summed E-state index contributed by atoms with van der Waals surface area (Å²) in [5.74, 6) is 0.00664. The summed E-state index contributed by atoms with van der Waals surface area (Å²) in [6.45, 7) is 0.461. The Morgan fingerprint density at radius 1 is 1.03 bits per heavy atom. The van der Waals surface area contributed by atoms with Gasteiger partial charge in [-0.25, -0.2) is 14.6 Å². The lowest BCUT2D eigenvalue weighted by molar-refractivity contribution is 0.628. The molecule has 1 N–H and O–H groups in total. The maximum atomic E-state index is 13.1. The van der Waals surface area contributed by atoms with Crippen LogP contribution in [0.2, 0.25) is 0 Å². The largest absolute Gasteiger partial charge is 0.332 e. The molecule has 0 aliphatic heterocycles. The number of benzene rings is 2. The number of anilines is 1. The molecule has 0 unspecified atom stereocenters. The normalized spacial score (nSPS) is 11.5. The molecule has 158 valence electrons. The number of nitrogens with zero attached hydrogens (tertiary/aromatic N) is 5. The molecule has 2 heterocycles. The average Bonchev–Trinajstić information content (AvgIpc) is 3.15. The van der Waals surface area contributed by atoms with E-state index in [1.54, 1.807) is 23.7 Å². The molecule has 0 spiro atoms. The molecule has 4 rings (SSSR count). The van der Waals surface area contributed by atoms with E-state index in [4.69, 9.17) is 0 Å². The fourth-order valence-electron chi connectivity index (χ4n) is 3.35. The van der Waals surface area contributed by atoms with Crippen molar-refractivity contribution in [3.63, 3.8) is 0 Å². The number of halogens is 1. The summed E-state index contributed by atoms with van der Waals surface area (Å²) >= 11 is 0. The van der Waals surface area contributed by atoms with Crippen molar-refractivity contribution in [2.45, 2.75) is 13.0 Å². The van der Waals surface area contributed by atoms with Crippen LogP contribution in [0.1, 0.15) is 11.1 Å². The monoisotopic (exact) mass is 420 g/mol. The highest BCUT2D eigenvalue weighted by Gasteiger charge is 2.18. The van der Waals surface area contributed by atoms with Crippen LogP contribution in [0.4, 0.5) is 10.3 Å². The third kappa shape index (κ3) is 4.02. The molecule has 0 saturated carbocycles. The van der Waals surface area contributed by atoms with Gasteiger partial charge in [-0.15, -0.1) is 0 Å². The van der Waals surface area contributed by atoms with Crippen LogP contribution in [0.15, 0.2) is 69.3 Å². The number of imidazole rings is 1. The molecule has 2 aromatic carbocycles.